The predicted molar refractivity (Wildman–Crippen MR) is 167 cm³/mol. The molecule has 2 aromatic heterocycles. The van der Waals surface area contributed by atoms with Gasteiger partial charge in [-0.1, -0.05) is 41.9 Å². The summed E-state index contributed by atoms with van der Waals surface area (Å²) in [4.78, 5) is 6.74. The van der Waals surface area contributed by atoms with E-state index in [4.69, 9.17) is 28.0 Å². The van der Waals surface area contributed by atoms with Gasteiger partial charge in [-0.15, -0.1) is 0 Å². The number of rotatable bonds is 2. The molecule has 0 atom stereocenters. The minimum atomic E-state index is -1.34. The number of hydrogen-bond acceptors (Lipinski definition) is 3. The summed E-state index contributed by atoms with van der Waals surface area (Å²) in [6.07, 6.45) is 4.51. The van der Waals surface area contributed by atoms with Gasteiger partial charge in [-0.25, -0.2) is 4.39 Å². The Balaban J connectivity index is 1.53. The molecule has 1 aliphatic heterocycles. The number of halogens is 1. The smallest absolute Gasteiger partial charge is 0.145 e. The third-order valence-electron chi connectivity index (χ3n) is 8.00. The molecular formula is C33H18B3FN2OS. The number of aryl methyl sites for hydroxylation is 1. The fraction of sp³-hybridized carbons (Fsp3) is 0.0909. The van der Waals surface area contributed by atoms with Crippen LogP contribution in [0.2, 0.25) is 0 Å². The summed E-state index contributed by atoms with van der Waals surface area (Å²) >= 11 is 0. The zero-order chi connectivity index (χ0) is 28.8. The molecule has 7 rings (SSSR count). The van der Waals surface area contributed by atoms with E-state index in [1.807, 2.05) is 43.3 Å². The number of pyridine rings is 1. The largest absolute Gasteiger partial charge is 0.455 e. The maximum atomic E-state index is 14.9. The van der Waals surface area contributed by atoms with E-state index in [0.29, 0.717) is 27.9 Å². The van der Waals surface area contributed by atoms with Gasteiger partial charge < -0.3 is 4.42 Å². The van der Waals surface area contributed by atoms with Gasteiger partial charge in [0, 0.05) is 32.4 Å². The lowest BCUT2D eigenvalue weighted by Crippen LogP contribution is -2.39. The molecule has 6 aromatic rings. The molecule has 3 nitrogen and oxygen atoms in total. The third-order valence-corrected chi connectivity index (χ3v) is 10.8. The van der Waals surface area contributed by atoms with Crippen molar-refractivity contribution >= 4 is 72.0 Å². The van der Waals surface area contributed by atoms with E-state index < -0.39 is 15.8 Å². The van der Waals surface area contributed by atoms with Crippen molar-refractivity contribution in [3.8, 4) is 39.6 Å². The van der Waals surface area contributed by atoms with Crippen molar-refractivity contribution in [1.29, 1.82) is 5.26 Å². The van der Waals surface area contributed by atoms with Crippen molar-refractivity contribution in [3.63, 3.8) is 0 Å². The van der Waals surface area contributed by atoms with Gasteiger partial charge in [0.2, 0.25) is 0 Å². The Kier molecular flexibility index (Phi) is 5.49. The van der Waals surface area contributed by atoms with Crippen molar-refractivity contribution in [3.05, 3.63) is 83.7 Å². The van der Waals surface area contributed by atoms with Gasteiger partial charge in [-0.2, -0.15) is 15.3 Å². The highest BCUT2D eigenvalue weighted by Gasteiger charge is 2.32. The zero-order valence-corrected chi connectivity index (χ0v) is 23.3. The van der Waals surface area contributed by atoms with Gasteiger partial charge >= 0.3 is 0 Å². The molecule has 0 amide bonds. The highest BCUT2D eigenvalue weighted by Crippen LogP contribution is 2.67. The quantitative estimate of drug-likeness (QED) is 0.287. The maximum absolute atomic E-state index is 14.9. The molecule has 6 radical (unpaired) electrons. The van der Waals surface area contributed by atoms with Crippen molar-refractivity contribution in [2.24, 2.45) is 0 Å². The van der Waals surface area contributed by atoms with Crippen molar-refractivity contribution < 1.29 is 8.81 Å². The first-order valence-corrected chi connectivity index (χ1v) is 15.3. The SMILES string of the molecule is [B]c1nc(-c2c(C)ccc3c2oc2c(-c4ccc5c(c4)S(C)(C)c4c#cccc4-5)c(C#N)ccc23)c([B])c(F)c1[B]. The van der Waals surface area contributed by atoms with Crippen LogP contribution in [0.1, 0.15) is 11.1 Å². The Bertz CT molecular complexity index is 2160. The van der Waals surface area contributed by atoms with Gasteiger partial charge in [0.15, 0.2) is 0 Å². The monoisotopic (exact) mass is 542 g/mol. The Morgan fingerprint density at radius 3 is 2.41 bits per heavy atom. The van der Waals surface area contributed by atoms with E-state index in [9.17, 15) is 9.65 Å². The Labute approximate surface area is 243 Å². The van der Waals surface area contributed by atoms with E-state index in [0.717, 1.165) is 21.9 Å². The summed E-state index contributed by atoms with van der Waals surface area (Å²) in [7, 11) is 16.5. The van der Waals surface area contributed by atoms with Gasteiger partial charge in [0.1, 0.15) is 40.5 Å². The normalized spacial score (nSPS) is 13.9. The standard InChI is InChI=1S/C33H18B3FN2OS/c1-16-8-11-21-22-13-10-18(15-38)26(17-9-12-20-19-6-4-5-7-23(19)41(2,3)24(20)14-17)32(22)40-31(21)25(16)30-27(34)29(37)28(35)33(36)39-30/h4,6,8-14H,1-3H3. The molecule has 4 aromatic carbocycles. The van der Waals surface area contributed by atoms with Crippen LogP contribution in [-0.4, -0.2) is 41.0 Å². The molecule has 0 N–H and O–H groups in total. The van der Waals surface area contributed by atoms with Gasteiger partial charge in [-0.3, -0.25) is 4.98 Å². The molecule has 0 unspecified atom stereocenters. The van der Waals surface area contributed by atoms with Gasteiger partial charge in [0.25, 0.3) is 0 Å². The molecule has 3 heterocycles. The second-order valence-corrected chi connectivity index (χ2v) is 14.1. The van der Waals surface area contributed by atoms with Crippen LogP contribution in [0, 0.1) is 36.2 Å². The van der Waals surface area contributed by atoms with Crippen LogP contribution < -0.4 is 16.5 Å². The lowest BCUT2D eigenvalue weighted by atomic mass is 9.78. The van der Waals surface area contributed by atoms with Crippen LogP contribution in [0.3, 0.4) is 0 Å². The summed E-state index contributed by atoms with van der Waals surface area (Å²) in [6.45, 7) is 1.87. The van der Waals surface area contributed by atoms with Crippen molar-refractivity contribution in [1.82, 2.24) is 4.98 Å². The fourth-order valence-corrected chi connectivity index (χ4v) is 8.30. The van der Waals surface area contributed by atoms with Gasteiger partial charge in [-0.05, 0) is 77.5 Å². The molecule has 8 heteroatoms. The number of nitrogens with zero attached hydrogens (tertiary/aromatic N) is 2. The van der Waals surface area contributed by atoms with Crippen LogP contribution in [-0.2, 0) is 0 Å². The average Bonchev–Trinajstić information content (AvgIpc) is 3.45. The molecular weight excluding hydrogens is 524 g/mol. The lowest BCUT2D eigenvalue weighted by molar-refractivity contribution is 0.644. The Hall–Kier alpha value is -4.39. The molecule has 0 aliphatic carbocycles. The van der Waals surface area contributed by atoms with Crippen molar-refractivity contribution in [2.75, 3.05) is 12.5 Å². The highest BCUT2D eigenvalue weighted by atomic mass is 32.3. The predicted octanol–water partition coefficient (Wildman–Crippen LogP) is 5.08. The molecule has 0 saturated heterocycles. The minimum absolute atomic E-state index is 0.147. The first-order chi connectivity index (χ1) is 19.6. The first kappa shape index (κ1) is 25.6. The van der Waals surface area contributed by atoms with Crippen molar-refractivity contribution in [2.45, 2.75) is 16.7 Å². The number of nitriles is 1. The minimum Gasteiger partial charge on any atom is -0.455 e. The number of fused-ring (bicyclic) bond motifs is 6. The number of hydrogen-bond donors (Lipinski definition) is 0. The van der Waals surface area contributed by atoms with E-state index in [1.54, 1.807) is 0 Å². The van der Waals surface area contributed by atoms with Crippen LogP contribution in [0.25, 0.3) is 55.4 Å². The molecule has 0 saturated carbocycles. The fourth-order valence-electron chi connectivity index (χ4n) is 5.89. The molecule has 0 spiro atoms. The highest BCUT2D eigenvalue weighted by molar-refractivity contribution is 8.33. The Morgan fingerprint density at radius 2 is 1.66 bits per heavy atom. The number of aromatic nitrogens is 1. The van der Waals surface area contributed by atoms with E-state index in [-0.39, 0.29) is 22.2 Å². The average molecular weight is 542 g/mol. The van der Waals surface area contributed by atoms with E-state index in [1.165, 1.54) is 20.9 Å². The van der Waals surface area contributed by atoms with Gasteiger partial charge in [0.05, 0.1) is 22.2 Å². The number of furan rings is 1. The first-order valence-electron chi connectivity index (χ1n) is 12.8. The molecule has 41 heavy (non-hydrogen) atoms. The maximum Gasteiger partial charge on any atom is 0.145 e. The van der Waals surface area contributed by atoms with Crippen LogP contribution in [0.5, 0.6) is 0 Å². The van der Waals surface area contributed by atoms with E-state index in [2.05, 4.69) is 53.9 Å². The summed E-state index contributed by atoms with van der Waals surface area (Å²) in [5, 5.41) is 11.8. The van der Waals surface area contributed by atoms with E-state index >= 15 is 0 Å². The lowest BCUT2D eigenvalue weighted by Gasteiger charge is -2.27. The Morgan fingerprint density at radius 1 is 0.927 bits per heavy atom. The van der Waals surface area contributed by atoms with Crippen LogP contribution in [0.4, 0.5) is 4.39 Å². The molecule has 188 valence electrons. The zero-order valence-electron chi connectivity index (χ0n) is 22.5. The molecule has 0 fully saturated rings. The summed E-state index contributed by atoms with van der Waals surface area (Å²) in [5.41, 5.74) is 6.24. The van der Waals surface area contributed by atoms with Crippen LogP contribution >= 0.6 is 10.0 Å². The second-order valence-electron chi connectivity index (χ2n) is 10.6. The second kappa shape index (κ2) is 8.81. The number of benzene rings is 3. The third kappa shape index (κ3) is 3.47. The summed E-state index contributed by atoms with van der Waals surface area (Å²) in [5.74, 6) is -0.813. The summed E-state index contributed by atoms with van der Waals surface area (Å²) < 4.78 is 21.5. The molecule has 1 aliphatic rings. The van der Waals surface area contributed by atoms with Crippen LogP contribution in [0.15, 0.2) is 68.8 Å². The summed E-state index contributed by atoms with van der Waals surface area (Å²) in [6, 6.07) is 26.6. The molecule has 0 bridgehead atoms. The topological polar surface area (TPSA) is 49.8 Å².